The lowest BCUT2D eigenvalue weighted by atomic mass is 10.2. The van der Waals surface area contributed by atoms with E-state index in [2.05, 4.69) is 5.32 Å². The molecular formula is C9H19NOS. The van der Waals surface area contributed by atoms with E-state index in [1.807, 2.05) is 25.6 Å². The highest BCUT2D eigenvalue weighted by Gasteiger charge is 2.14. The molecule has 0 aromatic rings. The molecule has 1 N–H and O–H groups in total. The molecule has 0 saturated carbocycles. The van der Waals surface area contributed by atoms with Gasteiger partial charge in [0.25, 0.3) is 0 Å². The Hall–Kier alpha value is -0.180. The van der Waals surface area contributed by atoms with Crippen molar-refractivity contribution < 1.29 is 4.79 Å². The summed E-state index contributed by atoms with van der Waals surface area (Å²) in [6.45, 7) is 6.43. The summed E-state index contributed by atoms with van der Waals surface area (Å²) in [7, 11) is 0. The molecule has 1 heterocycles. The number of rotatable bonds is 2. The molecule has 12 heavy (non-hydrogen) atoms. The fourth-order valence-corrected chi connectivity index (χ4v) is 2.26. The fourth-order valence-electron chi connectivity index (χ4n) is 1.06. The van der Waals surface area contributed by atoms with Gasteiger partial charge >= 0.3 is 0 Å². The molecule has 1 unspecified atom stereocenters. The third-order valence-electron chi connectivity index (χ3n) is 1.60. The van der Waals surface area contributed by atoms with Crippen LogP contribution in [0, 0.1) is 0 Å². The third-order valence-corrected chi connectivity index (χ3v) is 3.00. The van der Waals surface area contributed by atoms with Crippen LogP contribution in [0.25, 0.3) is 0 Å². The number of amides is 1. The molecule has 0 aromatic heterocycles. The Morgan fingerprint density at radius 1 is 1.58 bits per heavy atom. The third kappa shape index (κ3) is 5.47. The van der Waals surface area contributed by atoms with Crippen molar-refractivity contribution in [1.29, 1.82) is 0 Å². The summed E-state index contributed by atoms with van der Waals surface area (Å²) in [6, 6.07) is 0. The van der Waals surface area contributed by atoms with Crippen LogP contribution < -0.4 is 5.32 Å². The van der Waals surface area contributed by atoms with Crippen molar-refractivity contribution >= 4 is 17.7 Å². The molecule has 0 radical (unpaired) electrons. The lowest BCUT2D eigenvalue weighted by Gasteiger charge is -2.07. The van der Waals surface area contributed by atoms with E-state index in [9.17, 15) is 4.79 Å². The minimum Gasteiger partial charge on any atom is -0.355 e. The van der Waals surface area contributed by atoms with Gasteiger partial charge in [-0.1, -0.05) is 13.8 Å². The van der Waals surface area contributed by atoms with Gasteiger partial charge in [0.1, 0.15) is 0 Å². The molecule has 1 aliphatic rings. The zero-order chi connectivity index (χ0) is 9.40. The summed E-state index contributed by atoms with van der Waals surface area (Å²) in [6.07, 6.45) is 2.58. The lowest BCUT2D eigenvalue weighted by Crippen LogP contribution is -2.27. The Balaban J connectivity index is 0.000000561. The number of carbonyl (C=O) groups is 1. The van der Waals surface area contributed by atoms with Crippen LogP contribution in [0.3, 0.4) is 0 Å². The quantitative estimate of drug-likeness (QED) is 0.720. The molecule has 1 saturated heterocycles. The van der Waals surface area contributed by atoms with Gasteiger partial charge in [0.2, 0.25) is 5.91 Å². The first-order chi connectivity index (χ1) is 5.79. The standard InChI is InChI=1S/C7H13NOS.C2H6/c1-6(9)8-5-7-3-2-4-10-7;1-2/h7H,2-5H2,1H3,(H,8,9);1-2H3. The molecule has 1 atom stereocenters. The lowest BCUT2D eigenvalue weighted by molar-refractivity contribution is -0.118. The SMILES string of the molecule is CC.CC(=O)NCC1CCCS1. The molecule has 3 heteroatoms. The largest absolute Gasteiger partial charge is 0.355 e. The molecule has 0 bridgehead atoms. The molecule has 1 rings (SSSR count). The van der Waals surface area contributed by atoms with Gasteiger partial charge in [-0.15, -0.1) is 0 Å². The van der Waals surface area contributed by atoms with Crippen molar-refractivity contribution in [1.82, 2.24) is 5.32 Å². The molecule has 1 amide bonds. The molecule has 72 valence electrons. The van der Waals surface area contributed by atoms with Gasteiger partial charge in [-0.3, -0.25) is 4.79 Å². The number of hydrogen-bond acceptors (Lipinski definition) is 2. The zero-order valence-corrected chi connectivity index (χ0v) is 9.04. The van der Waals surface area contributed by atoms with Crippen LogP contribution in [0.1, 0.15) is 33.6 Å². The highest BCUT2D eigenvalue weighted by molar-refractivity contribution is 8.00. The van der Waals surface area contributed by atoms with Gasteiger partial charge in [0, 0.05) is 18.7 Å². The second-order valence-electron chi connectivity index (χ2n) is 2.57. The van der Waals surface area contributed by atoms with Crippen LogP contribution in [0.2, 0.25) is 0 Å². The summed E-state index contributed by atoms with van der Waals surface area (Å²) in [5, 5.41) is 3.51. The molecule has 2 nitrogen and oxygen atoms in total. The Morgan fingerprint density at radius 3 is 2.67 bits per heavy atom. The first kappa shape index (κ1) is 11.8. The van der Waals surface area contributed by atoms with Crippen molar-refractivity contribution in [2.45, 2.75) is 38.9 Å². The number of nitrogens with one attached hydrogen (secondary N) is 1. The maximum Gasteiger partial charge on any atom is 0.216 e. The van der Waals surface area contributed by atoms with E-state index in [0.717, 1.165) is 6.54 Å². The normalized spacial score (nSPS) is 21.1. The second kappa shape index (κ2) is 7.47. The van der Waals surface area contributed by atoms with Crippen LogP contribution in [0.15, 0.2) is 0 Å². The van der Waals surface area contributed by atoms with Crippen molar-refractivity contribution in [3.63, 3.8) is 0 Å². The molecule has 0 spiro atoms. The van der Waals surface area contributed by atoms with E-state index in [1.165, 1.54) is 18.6 Å². The molecule has 1 aliphatic heterocycles. The predicted octanol–water partition coefficient (Wildman–Crippen LogP) is 2.04. The van der Waals surface area contributed by atoms with Crippen molar-refractivity contribution in [2.24, 2.45) is 0 Å². The molecular weight excluding hydrogens is 170 g/mol. The molecule has 0 aromatic carbocycles. The monoisotopic (exact) mass is 189 g/mol. The van der Waals surface area contributed by atoms with E-state index in [0.29, 0.717) is 5.25 Å². The maximum absolute atomic E-state index is 10.5. The highest BCUT2D eigenvalue weighted by Crippen LogP contribution is 2.24. The minimum absolute atomic E-state index is 0.0903. The zero-order valence-electron chi connectivity index (χ0n) is 8.22. The van der Waals surface area contributed by atoms with Gasteiger partial charge in [-0.2, -0.15) is 11.8 Å². The Kier molecular flexibility index (Phi) is 7.36. The predicted molar refractivity (Wildman–Crippen MR) is 55.5 cm³/mol. The molecule has 1 fully saturated rings. The smallest absolute Gasteiger partial charge is 0.216 e. The van der Waals surface area contributed by atoms with Crippen molar-refractivity contribution in [3.8, 4) is 0 Å². The Bertz CT molecular complexity index is 122. The Morgan fingerprint density at radius 2 is 2.25 bits per heavy atom. The van der Waals surface area contributed by atoms with Crippen LogP contribution in [-0.2, 0) is 4.79 Å². The van der Waals surface area contributed by atoms with Crippen molar-refractivity contribution in [3.05, 3.63) is 0 Å². The van der Waals surface area contributed by atoms with Crippen molar-refractivity contribution in [2.75, 3.05) is 12.3 Å². The van der Waals surface area contributed by atoms with Gasteiger partial charge in [0.15, 0.2) is 0 Å². The van der Waals surface area contributed by atoms with Crippen LogP contribution in [0.5, 0.6) is 0 Å². The van der Waals surface area contributed by atoms with Crippen LogP contribution >= 0.6 is 11.8 Å². The number of carbonyl (C=O) groups excluding carboxylic acids is 1. The van der Waals surface area contributed by atoms with Crippen LogP contribution in [-0.4, -0.2) is 23.5 Å². The fraction of sp³-hybridized carbons (Fsp3) is 0.889. The van der Waals surface area contributed by atoms with E-state index in [1.54, 1.807) is 6.92 Å². The highest BCUT2D eigenvalue weighted by atomic mass is 32.2. The average molecular weight is 189 g/mol. The number of hydrogen-bond donors (Lipinski definition) is 1. The first-order valence-electron chi connectivity index (χ1n) is 4.65. The maximum atomic E-state index is 10.5. The van der Waals surface area contributed by atoms with E-state index in [4.69, 9.17) is 0 Å². The summed E-state index contributed by atoms with van der Waals surface area (Å²) in [5.41, 5.74) is 0. The first-order valence-corrected chi connectivity index (χ1v) is 5.70. The topological polar surface area (TPSA) is 29.1 Å². The number of thioether (sulfide) groups is 1. The Labute approximate surface area is 79.5 Å². The van der Waals surface area contributed by atoms with Gasteiger partial charge in [0.05, 0.1) is 0 Å². The summed E-state index contributed by atoms with van der Waals surface area (Å²) in [4.78, 5) is 10.5. The summed E-state index contributed by atoms with van der Waals surface area (Å²) in [5.74, 6) is 1.36. The van der Waals surface area contributed by atoms with E-state index >= 15 is 0 Å². The summed E-state index contributed by atoms with van der Waals surface area (Å²) < 4.78 is 0. The molecule has 0 aliphatic carbocycles. The second-order valence-corrected chi connectivity index (χ2v) is 3.98. The van der Waals surface area contributed by atoms with Gasteiger partial charge in [-0.25, -0.2) is 0 Å². The van der Waals surface area contributed by atoms with Crippen LogP contribution in [0.4, 0.5) is 0 Å². The average Bonchev–Trinajstić information content (AvgIpc) is 2.56. The summed E-state index contributed by atoms with van der Waals surface area (Å²) >= 11 is 1.97. The van der Waals surface area contributed by atoms with E-state index < -0.39 is 0 Å². The van der Waals surface area contributed by atoms with E-state index in [-0.39, 0.29) is 5.91 Å². The van der Waals surface area contributed by atoms with Gasteiger partial charge < -0.3 is 5.32 Å². The minimum atomic E-state index is 0.0903. The van der Waals surface area contributed by atoms with Gasteiger partial charge in [-0.05, 0) is 18.6 Å².